The molecule has 1 saturated carbocycles. The number of nitrogens with one attached hydrogen (secondary N) is 2. The van der Waals surface area contributed by atoms with Crippen LogP contribution in [0, 0.1) is 19.3 Å². The molecule has 0 amide bonds. The van der Waals surface area contributed by atoms with Gasteiger partial charge in [0.15, 0.2) is 0 Å². The van der Waals surface area contributed by atoms with Gasteiger partial charge in [0.25, 0.3) is 0 Å². The zero-order valence-corrected chi connectivity index (χ0v) is 12.6. The SMILES string of the molecule is CNCC1(CNCc2c(C)cc(C)cc2OC)CC1. The molecule has 0 atom stereocenters. The Morgan fingerprint density at radius 3 is 2.53 bits per heavy atom. The Bertz CT molecular complexity index is 439. The molecule has 1 aliphatic rings. The van der Waals surface area contributed by atoms with Crippen molar-refractivity contribution in [3.63, 3.8) is 0 Å². The minimum Gasteiger partial charge on any atom is -0.496 e. The molecule has 0 saturated heterocycles. The summed E-state index contributed by atoms with van der Waals surface area (Å²) >= 11 is 0. The molecule has 1 fully saturated rings. The quantitative estimate of drug-likeness (QED) is 0.791. The highest BCUT2D eigenvalue weighted by Crippen LogP contribution is 2.44. The van der Waals surface area contributed by atoms with E-state index >= 15 is 0 Å². The molecule has 0 heterocycles. The van der Waals surface area contributed by atoms with Crippen LogP contribution in [0.25, 0.3) is 0 Å². The van der Waals surface area contributed by atoms with E-state index in [9.17, 15) is 0 Å². The lowest BCUT2D eigenvalue weighted by Crippen LogP contribution is -2.31. The average Bonchev–Trinajstić information content (AvgIpc) is 3.12. The predicted octanol–water partition coefficient (Wildman–Crippen LogP) is 2.40. The van der Waals surface area contributed by atoms with Crippen LogP contribution in [0.15, 0.2) is 12.1 Å². The maximum atomic E-state index is 5.50. The Balaban J connectivity index is 1.96. The fourth-order valence-electron chi connectivity index (χ4n) is 2.79. The molecule has 3 heteroatoms. The fraction of sp³-hybridized carbons (Fsp3) is 0.625. The number of hydrogen-bond donors (Lipinski definition) is 2. The topological polar surface area (TPSA) is 33.3 Å². The number of aryl methyl sites for hydroxylation is 2. The van der Waals surface area contributed by atoms with Crippen LogP contribution in [0.4, 0.5) is 0 Å². The lowest BCUT2D eigenvalue weighted by molar-refractivity contribution is 0.400. The number of methoxy groups -OCH3 is 1. The summed E-state index contributed by atoms with van der Waals surface area (Å²) < 4.78 is 5.50. The van der Waals surface area contributed by atoms with Gasteiger partial charge in [0, 0.05) is 25.2 Å². The number of ether oxygens (including phenoxy) is 1. The number of benzene rings is 1. The third kappa shape index (κ3) is 3.48. The van der Waals surface area contributed by atoms with E-state index < -0.39 is 0 Å². The minimum atomic E-state index is 0.501. The van der Waals surface area contributed by atoms with Gasteiger partial charge in [0.2, 0.25) is 0 Å². The van der Waals surface area contributed by atoms with Crippen LogP contribution in [-0.2, 0) is 6.54 Å². The van der Waals surface area contributed by atoms with Crippen LogP contribution >= 0.6 is 0 Å². The molecule has 1 aliphatic carbocycles. The normalized spacial score (nSPS) is 16.4. The first-order valence-corrected chi connectivity index (χ1v) is 7.10. The van der Waals surface area contributed by atoms with E-state index in [1.807, 2.05) is 7.05 Å². The molecule has 0 aromatic heterocycles. The van der Waals surface area contributed by atoms with E-state index in [-0.39, 0.29) is 0 Å². The molecule has 0 spiro atoms. The van der Waals surface area contributed by atoms with Crippen LogP contribution in [0.3, 0.4) is 0 Å². The van der Waals surface area contributed by atoms with E-state index in [0.29, 0.717) is 5.41 Å². The molecule has 1 aromatic rings. The predicted molar refractivity (Wildman–Crippen MR) is 79.8 cm³/mol. The van der Waals surface area contributed by atoms with Gasteiger partial charge in [-0.1, -0.05) is 6.07 Å². The molecule has 0 bridgehead atoms. The van der Waals surface area contributed by atoms with Crippen molar-refractivity contribution in [1.29, 1.82) is 0 Å². The molecule has 19 heavy (non-hydrogen) atoms. The summed E-state index contributed by atoms with van der Waals surface area (Å²) in [5, 5.41) is 6.90. The van der Waals surface area contributed by atoms with Crippen LogP contribution in [-0.4, -0.2) is 27.2 Å². The summed E-state index contributed by atoms with van der Waals surface area (Å²) in [6.07, 6.45) is 2.68. The second-order valence-corrected chi connectivity index (χ2v) is 5.90. The first kappa shape index (κ1) is 14.4. The van der Waals surface area contributed by atoms with Crippen molar-refractivity contribution < 1.29 is 4.74 Å². The van der Waals surface area contributed by atoms with Crippen LogP contribution in [0.1, 0.15) is 29.5 Å². The van der Waals surface area contributed by atoms with Gasteiger partial charge in [-0.2, -0.15) is 0 Å². The Kier molecular flexibility index (Phi) is 4.48. The Morgan fingerprint density at radius 1 is 1.21 bits per heavy atom. The van der Waals surface area contributed by atoms with Crippen molar-refractivity contribution >= 4 is 0 Å². The average molecular weight is 262 g/mol. The van der Waals surface area contributed by atoms with E-state index in [0.717, 1.165) is 25.4 Å². The van der Waals surface area contributed by atoms with Crippen molar-refractivity contribution in [2.45, 2.75) is 33.2 Å². The maximum Gasteiger partial charge on any atom is 0.123 e. The third-order valence-electron chi connectivity index (χ3n) is 4.11. The van der Waals surface area contributed by atoms with E-state index in [2.05, 4.69) is 36.6 Å². The summed E-state index contributed by atoms with van der Waals surface area (Å²) in [5.74, 6) is 1.00. The highest BCUT2D eigenvalue weighted by Gasteiger charge is 2.41. The molecule has 0 unspecified atom stereocenters. The standard InChI is InChI=1S/C16H26N2O/c1-12-7-13(2)14(15(8-12)19-4)9-18-11-16(5-6-16)10-17-3/h7-8,17-18H,5-6,9-11H2,1-4H3. The number of rotatable bonds is 7. The van der Waals surface area contributed by atoms with E-state index in [4.69, 9.17) is 4.74 Å². The first-order valence-electron chi connectivity index (χ1n) is 7.10. The zero-order chi connectivity index (χ0) is 13.9. The lowest BCUT2D eigenvalue weighted by atomic mass is 10.0. The van der Waals surface area contributed by atoms with Gasteiger partial charge in [-0.05, 0) is 56.3 Å². The van der Waals surface area contributed by atoms with Crippen molar-refractivity contribution in [1.82, 2.24) is 10.6 Å². The van der Waals surface area contributed by atoms with Crippen molar-refractivity contribution in [3.8, 4) is 5.75 Å². The minimum absolute atomic E-state index is 0.501. The summed E-state index contributed by atoms with van der Waals surface area (Å²) in [6, 6.07) is 4.34. The van der Waals surface area contributed by atoms with Gasteiger partial charge in [-0.25, -0.2) is 0 Å². The lowest BCUT2D eigenvalue weighted by Gasteiger charge is -2.18. The Hall–Kier alpha value is -1.06. The molecule has 2 N–H and O–H groups in total. The summed E-state index contributed by atoms with van der Waals surface area (Å²) in [4.78, 5) is 0. The van der Waals surface area contributed by atoms with Crippen LogP contribution in [0.2, 0.25) is 0 Å². The first-order chi connectivity index (χ1) is 9.10. The van der Waals surface area contributed by atoms with Gasteiger partial charge >= 0.3 is 0 Å². The largest absolute Gasteiger partial charge is 0.496 e. The summed E-state index contributed by atoms with van der Waals surface area (Å²) in [7, 11) is 3.79. The highest BCUT2D eigenvalue weighted by molar-refractivity contribution is 5.42. The molecule has 1 aromatic carbocycles. The zero-order valence-electron chi connectivity index (χ0n) is 12.6. The fourth-order valence-corrected chi connectivity index (χ4v) is 2.79. The van der Waals surface area contributed by atoms with Gasteiger partial charge in [-0.15, -0.1) is 0 Å². The van der Waals surface area contributed by atoms with Crippen LogP contribution in [0.5, 0.6) is 5.75 Å². The highest BCUT2D eigenvalue weighted by atomic mass is 16.5. The van der Waals surface area contributed by atoms with Gasteiger partial charge in [-0.3, -0.25) is 0 Å². The molecule has 2 rings (SSSR count). The number of hydrogen-bond acceptors (Lipinski definition) is 3. The Labute approximate surface area is 116 Å². The van der Waals surface area contributed by atoms with Crippen molar-refractivity contribution in [2.75, 3.05) is 27.2 Å². The smallest absolute Gasteiger partial charge is 0.123 e. The maximum absolute atomic E-state index is 5.50. The molecule has 3 nitrogen and oxygen atoms in total. The van der Waals surface area contributed by atoms with E-state index in [1.54, 1.807) is 7.11 Å². The second kappa shape index (κ2) is 5.93. The summed E-state index contributed by atoms with van der Waals surface area (Å²) in [5.41, 5.74) is 4.35. The summed E-state index contributed by atoms with van der Waals surface area (Å²) in [6.45, 7) is 7.36. The molecular weight excluding hydrogens is 236 g/mol. The second-order valence-electron chi connectivity index (χ2n) is 5.90. The Morgan fingerprint density at radius 2 is 1.95 bits per heavy atom. The molecule has 0 radical (unpaired) electrons. The van der Waals surface area contributed by atoms with Gasteiger partial charge in [0.1, 0.15) is 5.75 Å². The van der Waals surface area contributed by atoms with Crippen molar-refractivity contribution in [2.24, 2.45) is 5.41 Å². The molecule has 0 aliphatic heterocycles. The molecule has 106 valence electrons. The van der Waals surface area contributed by atoms with Crippen LogP contribution < -0.4 is 15.4 Å². The molecular formula is C16H26N2O. The van der Waals surface area contributed by atoms with E-state index in [1.165, 1.54) is 29.5 Å². The van der Waals surface area contributed by atoms with Gasteiger partial charge < -0.3 is 15.4 Å². The monoisotopic (exact) mass is 262 g/mol. The van der Waals surface area contributed by atoms with Crippen molar-refractivity contribution in [3.05, 3.63) is 28.8 Å². The van der Waals surface area contributed by atoms with Gasteiger partial charge in [0.05, 0.1) is 7.11 Å². The third-order valence-corrected chi connectivity index (χ3v) is 4.11.